The van der Waals surface area contributed by atoms with Gasteiger partial charge in [-0.25, -0.2) is 0 Å². The highest BCUT2D eigenvalue weighted by Crippen LogP contribution is 2.33. The molecular weight excluding hydrogens is 319 g/mol. The summed E-state index contributed by atoms with van der Waals surface area (Å²) in [6.45, 7) is 5.01. The molecule has 1 fully saturated rings. The Bertz CT molecular complexity index is 604. The average Bonchev–Trinajstić information content (AvgIpc) is 2.39. The molecule has 0 atom stereocenters. The van der Waals surface area contributed by atoms with Crippen LogP contribution < -0.4 is 0 Å². The van der Waals surface area contributed by atoms with Gasteiger partial charge in [-0.3, -0.25) is 14.9 Å². The van der Waals surface area contributed by atoms with Gasteiger partial charge < -0.3 is 9.64 Å². The van der Waals surface area contributed by atoms with Gasteiger partial charge in [-0.15, -0.1) is 0 Å². The lowest BCUT2D eigenvalue weighted by Crippen LogP contribution is -2.50. The summed E-state index contributed by atoms with van der Waals surface area (Å²) in [7, 11) is 0. The first-order chi connectivity index (χ1) is 9.71. The fourth-order valence-electron chi connectivity index (χ4n) is 2.20. The normalized spacial score (nSPS) is 17.6. The van der Waals surface area contributed by atoms with Crippen molar-refractivity contribution in [2.45, 2.75) is 19.4 Å². The Kier molecular flexibility index (Phi) is 4.41. The Morgan fingerprint density at radius 1 is 1.43 bits per heavy atom. The molecule has 6 nitrogen and oxygen atoms in total. The molecule has 1 heterocycles. The van der Waals surface area contributed by atoms with Crippen molar-refractivity contribution in [1.29, 1.82) is 0 Å². The number of amides is 1. The van der Waals surface area contributed by atoms with Gasteiger partial charge in [-0.05, 0) is 19.9 Å². The number of hydrogen-bond donors (Lipinski definition) is 0. The number of hydrogen-bond acceptors (Lipinski definition) is 4. The lowest BCUT2D eigenvalue weighted by atomic mass is 10.1. The lowest BCUT2D eigenvalue weighted by Gasteiger charge is -2.38. The third kappa shape index (κ3) is 3.45. The number of halogens is 2. The second kappa shape index (κ2) is 5.79. The summed E-state index contributed by atoms with van der Waals surface area (Å²) in [5, 5.41) is 10.8. The zero-order chi connectivity index (χ0) is 15.8. The fraction of sp³-hybridized carbons (Fsp3) is 0.462. The number of carbonyl (C=O) groups is 1. The van der Waals surface area contributed by atoms with Gasteiger partial charge >= 0.3 is 0 Å². The first-order valence-corrected chi connectivity index (χ1v) is 7.03. The summed E-state index contributed by atoms with van der Waals surface area (Å²) in [4.78, 5) is 24.3. The van der Waals surface area contributed by atoms with E-state index in [-0.39, 0.29) is 27.2 Å². The molecule has 0 aliphatic carbocycles. The first-order valence-electron chi connectivity index (χ1n) is 6.28. The average molecular weight is 333 g/mol. The van der Waals surface area contributed by atoms with Crippen LogP contribution in [0.5, 0.6) is 0 Å². The van der Waals surface area contributed by atoms with E-state index in [0.717, 1.165) is 6.07 Å². The first kappa shape index (κ1) is 16.0. The fourth-order valence-corrected chi connectivity index (χ4v) is 2.60. The van der Waals surface area contributed by atoms with Gasteiger partial charge in [0, 0.05) is 24.7 Å². The van der Waals surface area contributed by atoms with Crippen molar-refractivity contribution in [3.63, 3.8) is 0 Å². The molecule has 0 bridgehead atoms. The summed E-state index contributed by atoms with van der Waals surface area (Å²) < 4.78 is 5.54. The van der Waals surface area contributed by atoms with Crippen molar-refractivity contribution in [2.24, 2.45) is 0 Å². The quantitative estimate of drug-likeness (QED) is 0.616. The summed E-state index contributed by atoms with van der Waals surface area (Å²) in [6, 6.07) is 2.50. The molecule has 0 N–H and O–H groups in total. The standard InChI is InChI=1S/C13H14Cl2N2O4/c1-13(2)7-16(3-4-21-13)12(18)8-5-9(14)11(15)10(6-8)17(19)20/h5-6H,3-4,7H2,1-2H3. The molecule has 2 rings (SSSR count). The van der Waals surface area contributed by atoms with Crippen molar-refractivity contribution in [3.8, 4) is 0 Å². The highest BCUT2D eigenvalue weighted by Gasteiger charge is 2.31. The van der Waals surface area contributed by atoms with E-state index in [1.807, 2.05) is 13.8 Å². The van der Waals surface area contributed by atoms with Gasteiger partial charge in [-0.1, -0.05) is 23.2 Å². The zero-order valence-corrected chi connectivity index (χ0v) is 13.1. The molecule has 1 amide bonds. The number of ether oxygens (including phenoxy) is 1. The van der Waals surface area contributed by atoms with Crippen molar-refractivity contribution in [2.75, 3.05) is 19.7 Å². The lowest BCUT2D eigenvalue weighted by molar-refractivity contribution is -0.384. The Labute approximate surface area is 131 Å². The topological polar surface area (TPSA) is 72.7 Å². The van der Waals surface area contributed by atoms with Crippen LogP contribution in [0.1, 0.15) is 24.2 Å². The van der Waals surface area contributed by atoms with Crippen LogP contribution in [0, 0.1) is 10.1 Å². The molecule has 0 spiro atoms. The molecule has 0 unspecified atom stereocenters. The van der Waals surface area contributed by atoms with Crippen LogP contribution in [-0.4, -0.2) is 41.0 Å². The Morgan fingerprint density at radius 3 is 2.67 bits per heavy atom. The Balaban J connectivity index is 2.33. The maximum Gasteiger partial charge on any atom is 0.290 e. The predicted molar refractivity (Wildman–Crippen MR) is 79.1 cm³/mol. The molecule has 1 aliphatic heterocycles. The van der Waals surface area contributed by atoms with Crippen LogP contribution in [0.3, 0.4) is 0 Å². The van der Waals surface area contributed by atoms with E-state index in [4.69, 9.17) is 27.9 Å². The van der Waals surface area contributed by atoms with E-state index < -0.39 is 10.5 Å². The third-order valence-corrected chi connectivity index (χ3v) is 3.96. The summed E-state index contributed by atoms with van der Waals surface area (Å²) in [6.07, 6.45) is 0. The molecule has 114 valence electrons. The molecule has 0 saturated carbocycles. The molecule has 1 aromatic rings. The van der Waals surface area contributed by atoms with E-state index >= 15 is 0 Å². The SMILES string of the molecule is CC1(C)CN(C(=O)c2cc(Cl)c(Cl)c([N+](=O)[O-])c2)CCO1. The van der Waals surface area contributed by atoms with Crippen molar-refractivity contribution < 1.29 is 14.5 Å². The molecule has 1 saturated heterocycles. The van der Waals surface area contributed by atoms with Crippen molar-refractivity contribution in [3.05, 3.63) is 37.9 Å². The van der Waals surface area contributed by atoms with E-state index in [2.05, 4.69) is 0 Å². The van der Waals surface area contributed by atoms with Crippen LogP contribution in [0.15, 0.2) is 12.1 Å². The number of benzene rings is 1. The van der Waals surface area contributed by atoms with Gasteiger partial charge in [0.25, 0.3) is 11.6 Å². The zero-order valence-electron chi connectivity index (χ0n) is 11.6. The highest BCUT2D eigenvalue weighted by atomic mass is 35.5. The largest absolute Gasteiger partial charge is 0.372 e. The van der Waals surface area contributed by atoms with Gasteiger partial charge in [-0.2, -0.15) is 0 Å². The van der Waals surface area contributed by atoms with Crippen LogP contribution >= 0.6 is 23.2 Å². The number of nitrogens with zero attached hydrogens (tertiary/aromatic N) is 2. The van der Waals surface area contributed by atoms with Gasteiger partial charge in [0.1, 0.15) is 5.02 Å². The predicted octanol–water partition coefficient (Wildman–Crippen LogP) is 3.15. The van der Waals surface area contributed by atoms with Crippen molar-refractivity contribution in [1.82, 2.24) is 4.90 Å². The Hall–Kier alpha value is -1.37. The van der Waals surface area contributed by atoms with E-state index in [1.54, 1.807) is 4.90 Å². The van der Waals surface area contributed by atoms with Crippen LogP contribution in [0.4, 0.5) is 5.69 Å². The summed E-state index contributed by atoms with van der Waals surface area (Å²) >= 11 is 11.6. The molecule has 0 radical (unpaired) electrons. The maximum absolute atomic E-state index is 12.5. The Morgan fingerprint density at radius 2 is 2.10 bits per heavy atom. The second-order valence-corrected chi connectivity index (χ2v) is 6.17. The van der Waals surface area contributed by atoms with Crippen LogP contribution in [0.2, 0.25) is 10.0 Å². The third-order valence-electron chi connectivity index (χ3n) is 3.17. The van der Waals surface area contributed by atoms with E-state index in [9.17, 15) is 14.9 Å². The minimum atomic E-state index is -0.658. The van der Waals surface area contributed by atoms with Crippen LogP contribution in [-0.2, 0) is 4.74 Å². The molecular formula is C13H14Cl2N2O4. The smallest absolute Gasteiger partial charge is 0.290 e. The number of nitro benzene ring substituents is 1. The summed E-state index contributed by atoms with van der Waals surface area (Å²) in [5.74, 6) is -0.326. The van der Waals surface area contributed by atoms with Gasteiger partial charge in [0.15, 0.2) is 0 Å². The van der Waals surface area contributed by atoms with Crippen molar-refractivity contribution >= 4 is 34.8 Å². The van der Waals surface area contributed by atoms with Gasteiger partial charge in [0.05, 0.1) is 22.2 Å². The second-order valence-electron chi connectivity index (χ2n) is 5.38. The minimum Gasteiger partial charge on any atom is -0.372 e. The maximum atomic E-state index is 12.5. The number of nitro groups is 1. The molecule has 8 heteroatoms. The van der Waals surface area contributed by atoms with E-state index in [1.165, 1.54) is 6.07 Å². The van der Waals surface area contributed by atoms with Crippen LogP contribution in [0.25, 0.3) is 0 Å². The highest BCUT2D eigenvalue weighted by molar-refractivity contribution is 6.43. The number of morpholine rings is 1. The van der Waals surface area contributed by atoms with E-state index in [0.29, 0.717) is 19.7 Å². The molecule has 21 heavy (non-hydrogen) atoms. The number of carbonyl (C=O) groups excluding carboxylic acids is 1. The molecule has 1 aliphatic rings. The molecule has 1 aromatic carbocycles. The summed E-state index contributed by atoms with van der Waals surface area (Å²) in [5.41, 5.74) is -0.676. The minimum absolute atomic E-state index is 0.0123. The monoisotopic (exact) mass is 332 g/mol. The number of rotatable bonds is 2. The molecule has 0 aromatic heterocycles. The van der Waals surface area contributed by atoms with Gasteiger partial charge in [0.2, 0.25) is 0 Å².